The predicted octanol–water partition coefficient (Wildman–Crippen LogP) is 2.59. The lowest BCUT2D eigenvalue weighted by atomic mass is 10.2. The number of rotatable bonds is 2. The second-order valence-electron chi connectivity index (χ2n) is 3.50. The van der Waals surface area contributed by atoms with Crippen molar-refractivity contribution in [3.05, 3.63) is 30.3 Å². The zero-order valence-corrected chi connectivity index (χ0v) is 7.82. The number of benzene rings is 1. The molecule has 1 fully saturated rings. The van der Waals surface area contributed by atoms with Crippen LogP contribution in [0, 0.1) is 0 Å². The largest absolute Gasteiger partial charge is 0.463 e. The molecule has 1 aliphatic heterocycles. The second-order valence-corrected chi connectivity index (χ2v) is 3.50. The lowest BCUT2D eigenvalue weighted by molar-refractivity contribution is -0.134. The molecule has 2 heteroatoms. The highest BCUT2D eigenvalue weighted by molar-refractivity contribution is 5.21. The summed E-state index contributed by atoms with van der Waals surface area (Å²) in [6.07, 6.45) is 2.06. The maximum atomic E-state index is 5.74. The van der Waals surface area contributed by atoms with E-state index in [4.69, 9.17) is 9.47 Å². The Morgan fingerprint density at radius 2 is 2.08 bits per heavy atom. The van der Waals surface area contributed by atoms with Gasteiger partial charge in [-0.15, -0.1) is 0 Å². The first-order valence-electron chi connectivity index (χ1n) is 4.67. The molecule has 0 radical (unpaired) electrons. The van der Waals surface area contributed by atoms with Crippen molar-refractivity contribution in [2.75, 3.05) is 6.61 Å². The van der Waals surface area contributed by atoms with Crippen molar-refractivity contribution in [3.63, 3.8) is 0 Å². The van der Waals surface area contributed by atoms with Crippen molar-refractivity contribution in [2.45, 2.75) is 25.6 Å². The maximum absolute atomic E-state index is 5.74. The first-order chi connectivity index (χ1) is 6.29. The average molecular weight is 178 g/mol. The van der Waals surface area contributed by atoms with Gasteiger partial charge < -0.3 is 9.47 Å². The highest BCUT2D eigenvalue weighted by atomic mass is 16.7. The lowest BCUT2D eigenvalue weighted by Crippen LogP contribution is -2.30. The van der Waals surface area contributed by atoms with E-state index in [0.29, 0.717) is 0 Å². The summed E-state index contributed by atoms with van der Waals surface area (Å²) in [6.45, 7) is 2.80. The van der Waals surface area contributed by atoms with E-state index >= 15 is 0 Å². The van der Waals surface area contributed by atoms with Gasteiger partial charge in [0.05, 0.1) is 6.61 Å². The SMILES string of the molecule is CC1(Oc2ccccc2)CCCO1. The van der Waals surface area contributed by atoms with Crippen LogP contribution in [-0.4, -0.2) is 12.4 Å². The third kappa shape index (κ3) is 2.01. The minimum Gasteiger partial charge on any atom is -0.463 e. The van der Waals surface area contributed by atoms with E-state index in [0.717, 1.165) is 25.2 Å². The Labute approximate surface area is 78.5 Å². The molecule has 2 nitrogen and oxygen atoms in total. The Morgan fingerprint density at radius 1 is 1.31 bits per heavy atom. The fraction of sp³-hybridized carbons (Fsp3) is 0.455. The Morgan fingerprint density at radius 3 is 2.69 bits per heavy atom. The highest BCUT2D eigenvalue weighted by Gasteiger charge is 2.31. The van der Waals surface area contributed by atoms with Gasteiger partial charge in [0.2, 0.25) is 5.79 Å². The van der Waals surface area contributed by atoms with Gasteiger partial charge in [0, 0.05) is 13.3 Å². The van der Waals surface area contributed by atoms with Crippen LogP contribution < -0.4 is 4.74 Å². The summed E-state index contributed by atoms with van der Waals surface area (Å²) in [4.78, 5) is 0. The van der Waals surface area contributed by atoms with E-state index in [2.05, 4.69) is 0 Å². The van der Waals surface area contributed by atoms with Crippen molar-refractivity contribution >= 4 is 0 Å². The Bertz CT molecular complexity index is 263. The highest BCUT2D eigenvalue weighted by Crippen LogP contribution is 2.28. The van der Waals surface area contributed by atoms with Crippen LogP contribution in [0.25, 0.3) is 0 Å². The van der Waals surface area contributed by atoms with Gasteiger partial charge in [0.15, 0.2) is 0 Å². The monoisotopic (exact) mass is 178 g/mol. The average Bonchev–Trinajstić information content (AvgIpc) is 2.54. The van der Waals surface area contributed by atoms with Gasteiger partial charge in [-0.3, -0.25) is 0 Å². The summed E-state index contributed by atoms with van der Waals surface area (Å²) in [5, 5.41) is 0. The van der Waals surface area contributed by atoms with Crippen LogP contribution in [0.3, 0.4) is 0 Å². The molecule has 0 saturated carbocycles. The fourth-order valence-electron chi connectivity index (χ4n) is 1.57. The van der Waals surface area contributed by atoms with Gasteiger partial charge in [-0.25, -0.2) is 0 Å². The van der Waals surface area contributed by atoms with E-state index in [1.165, 1.54) is 0 Å². The van der Waals surface area contributed by atoms with Crippen molar-refractivity contribution in [1.29, 1.82) is 0 Å². The summed E-state index contributed by atoms with van der Waals surface area (Å²) in [6, 6.07) is 9.81. The van der Waals surface area contributed by atoms with Crippen LogP contribution in [0.1, 0.15) is 19.8 Å². The van der Waals surface area contributed by atoms with Gasteiger partial charge in [0.1, 0.15) is 5.75 Å². The van der Waals surface area contributed by atoms with E-state index in [-0.39, 0.29) is 0 Å². The quantitative estimate of drug-likeness (QED) is 0.693. The number of ether oxygens (including phenoxy) is 2. The second kappa shape index (κ2) is 3.38. The van der Waals surface area contributed by atoms with E-state index in [1.807, 2.05) is 37.3 Å². The minimum absolute atomic E-state index is 0.401. The smallest absolute Gasteiger partial charge is 0.207 e. The molecule has 0 aromatic heterocycles. The van der Waals surface area contributed by atoms with Crippen LogP contribution in [0.2, 0.25) is 0 Å². The zero-order valence-electron chi connectivity index (χ0n) is 7.82. The van der Waals surface area contributed by atoms with Crippen LogP contribution in [0.4, 0.5) is 0 Å². The maximum Gasteiger partial charge on any atom is 0.207 e. The first-order valence-corrected chi connectivity index (χ1v) is 4.67. The minimum atomic E-state index is -0.401. The van der Waals surface area contributed by atoms with Crippen LogP contribution in [-0.2, 0) is 4.74 Å². The number of hydrogen-bond acceptors (Lipinski definition) is 2. The van der Waals surface area contributed by atoms with Gasteiger partial charge in [-0.2, -0.15) is 0 Å². The Hall–Kier alpha value is -1.02. The van der Waals surface area contributed by atoms with Crippen molar-refractivity contribution in [3.8, 4) is 5.75 Å². The molecule has 1 heterocycles. The molecule has 0 amide bonds. The number of hydrogen-bond donors (Lipinski definition) is 0. The molecule has 2 rings (SSSR count). The number of para-hydroxylation sites is 1. The summed E-state index contributed by atoms with van der Waals surface area (Å²) in [5.41, 5.74) is 0. The van der Waals surface area contributed by atoms with Crippen LogP contribution in [0.15, 0.2) is 30.3 Å². The third-order valence-electron chi connectivity index (χ3n) is 2.26. The van der Waals surface area contributed by atoms with E-state index in [1.54, 1.807) is 0 Å². The van der Waals surface area contributed by atoms with Crippen LogP contribution in [0.5, 0.6) is 5.75 Å². The van der Waals surface area contributed by atoms with E-state index in [9.17, 15) is 0 Å². The molecule has 1 unspecified atom stereocenters. The predicted molar refractivity (Wildman–Crippen MR) is 50.7 cm³/mol. The molecular formula is C11H14O2. The molecule has 1 atom stereocenters. The van der Waals surface area contributed by atoms with Gasteiger partial charge >= 0.3 is 0 Å². The summed E-state index contributed by atoms with van der Waals surface area (Å²) in [7, 11) is 0. The Kier molecular flexibility index (Phi) is 2.23. The molecular weight excluding hydrogens is 164 g/mol. The normalized spacial score (nSPS) is 27.5. The zero-order chi connectivity index (χ0) is 9.15. The molecule has 1 aromatic rings. The fourth-order valence-corrected chi connectivity index (χ4v) is 1.57. The molecule has 70 valence electrons. The van der Waals surface area contributed by atoms with Gasteiger partial charge in [-0.05, 0) is 18.6 Å². The van der Waals surface area contributed by atoms with Crippen molar-refractivity contribution < 1.29 is 9.47 Å². The Balaban J connectivity index is 2.05. The molecule has 1 aliphatic rings. The van der Waals surface area contributed by atoms with Crippen molar-refractivity contribution in [2.24, 2.45) is 0 Å². The molecule has 1 aromatic carbocycles. The molecule has 13 heavy (non-hydrogen) atoms. The topological polar surface area (TPSA) is 18.5 Å². The summed E-state index contributed by atoms with van der Waals surface area (Å²) >= 11 is 0. The third-order valence-corrected chi connectivity index (χ3v) is 2.26. The van der Waals surface area contributed by atoms with E-state index < -0.39 is 5.79 Å². The molecule has 0 aliphatic carbocycles. The summed E-state index contributed by atoms with van der Waals surface area (Å²) < 4.78 is 11.3. The summed E-state index contributed by atoms with van der Waals surface area (Å²) in [5.74, 6) is 0.480. The lowest BCUT2D eigenvalue weighted by Gasteiger charge is -2.24. The van der Waals surface area contributed by atoms with Gasteiger partial charge in [-0.1, -0.05) is 18.2 Å². The first kappa shape index (κ1) is 8.57. The molecule has 0 N–H and O–H groups in total. The van der Waals surface area contributed by atoms with Crippen molar-refractivity contribution in [1.82, 2.24) is 0 Å². The molecule has 0 bridgehead atoms. The molecule has 1 saturated heterocycles. The van der Waals surface area contributed by atoms with Gasteiger partial charge in [0.25, 0.3) is 0 Å². The van der Waals surface area contributed by atoms with Crippen LogP contribution >= 0.6 is 0 Å². The standard InChI is InChI=1S/C11H14O2/c1-11(8-5-9-12-11)13-10-6-3-2-4-7-10/h2-4,6-7H,5,8-9H2,1H3. The molecule has 0 spiro atoms.